The molecule has 1 aromatic heterocycles. The Morgan fingerprint density at radius 3 is 2.53 bits per heavy atom. The third kappa shape index (κ3) is 5.87. The van der Waals surface area contributed by atoms with Crippen LogP contribution in [0.3, 0.4) is 0 Å². The van der Waals surface area contributed by atoms with Gasteiger partial charge < -0.3 is 14.9 Å². The van der Waals surface area contributed by atoms with E-state index in [0.29, 0.717) is 18.0 Å². The standard InChI is InChI=1S/C32H29F3N4O3S/c33-9-13-38-11-7-21(8-12-38)19-1-3-20(4-2-19)22-15-24-26(27(35)16-22)18-39(31(24)42)29(25-17-23(34)5-6-28(25)40)30(41)37-32-36-10-14-43-32/h1-6,10,14-17,21,29,40H,7-9,11-13,18H2,(H,36,37,41)/t29-/m1/s1. The van der Waals surface area contributed by atoms with E-state index in [1.165, 1.54) is 12.3 Å². The van der Waals surface area contributed by atoms with Crippen LogP contribution in [-0.4, -0.2) is 58.0 Å². The van der Waals surface area contributed by atoms with Gasteiger partial charge in [0, 0.05) is 34.8 Å². The number of nitrogens with zero attached hydrogens (tertiary/aromatic N) is 3. The summed E-state index contributed by atoms with van der Waals surface area (Å²) < 4.78 is 42.5. The summed E-state index contributed by atoms with van der Waals surface area (Å²) in [5.74, 6) is -2.65. The van der Waals surface area contributed by atoms with Crippen molar-refractivity contribution in [2.45, 2.75) is 31.3 Å². The Kier molecular flexibility index (Phi) is 8.18. The smallest absolute Gasteiger partial charge is 0.255 e. The number of alkyl halides is 1. The molecule has 0 saturated carbocycles. The van der Waals surface area contributed by atoms with Gasteiger partial charge in [-0.05, 0) is 78.9 Å². The lowest BCUT2D eigenvalue weighted by Gasteiger charge is -2.31. The minimum Gasteiger partial charge on any atom is -0.508 e. The second kappa shape index (κ2) is 12.2. The second-order valence-electron chi connectivity index (χ2n) is 10.8. The van der Waals surface area contributed by atoms with Gasteiger partial charge in [-0.3, -0.25) is 14.9 Å². The van der Waals surface area contributed by atoms with Crippen molar-refractivity contribution in [1.29, 1.82) is 0 Å². The maximum absolute atomic E-state index is 15.5. The van der Waals surface area contributed by atoms with Crippen molar-refractivity contribution < 1.29 is 27.9 Å². The van der Waals surface area contributed by atoms with E-state index in [2.05, 4.69) is 15.2 Å². The predicted octanol–water partition coefficient (Wildman–Crippen LogP) is 6.28. The topological polar surface area (TPSA) is 85.8 Å². The van der Waals surface area contributed by atoms with Gasteiger partial charge in [0.2, 0.25) is 0 Å². The molecule has 2 aliphatic heterocycles. The van der Waals surface area contributed by atoms with E-state index >= 15 is 4.39 Å². The van der Waals surface area contributed by atoms with E-state index in [4.69, 9.17) is 0 Å². The largest absolute Gasteiger partial charge is 0.508 e. The first kappa shape index (κ1) is 28.9. The molecule has 43 heavy (non-hydrogen) atoms. The first-order valence-electron chi connectivity index (χ1n) is 14.0. The van der Waals surface area contributed by atoms with Crippen molar-refractivity contribution in [2.75, 3.05) is 31.6 Å². The molecule has 0 spiro atoms. The van der Waals surface area contributed by atoms with Crippen LogP contribution in [0.5, 0.6) is 5.75 Å². The van der Waals surface area contributed by atoms with E-state index in [9.17, 15) is 23.5 Å². The number of aromatic nitrogens is 1. The number of halogens is 3. The van der Waals surface area contributed by atoms with Gasteiger partial charge in [0.05, 0.1) is 6.54 Å². The zero-order valence-corrected chi connectivity index (χ0v) is 23.9. The number of carbonyl (C=O) groups excluding carboxylic acids is 2. The SMILES string of the molecule is O=C(Nc1nccs1)[C@@H](c1cc(F)ccc1O)N1Cc2c(F)cc(-c3ccc(C4CCN(CCF)CC4)cc3)cc2C1=O. The zero-order chi connectivity index (χ0) is 30.1. The van der Waals surface area contributed by atoms with Crippen molar-refractivity contribution in [2.24, 2.45) is 0 Å². The molecule has 222 valence electrons. The van der Waals surface area contributed by atoms with Gasteiger partial charge in [-0.1, -0.05) is 24.3 Å². The number of likely N-dealkylation sites (tertiary alicyclic amines) is 1. The summed E-state index contributed by atoms with van der Waals surface area (Å²) in [7, 11) is 0. The number of nitrogens with one attached hydrogen (secondary N) is 1. The molecule has 0 unspecified atom stereocenters. The van der Waals surface area contributed by atoms with Gasteiger partial charge in [0.1, 0.15) is 30.1 Å². The van der Waals surface area contributed by atoms with Crippen LogP contribution in [0.1, 0.15) is 51.8 Å². The molecule has 11 heteroatoms. The highest BCUT2D eigenvalue weighted by atomic mass is 32.1. The number of amides is 2. The summed E-state index contributed by atoms with van der Waals surface area (Å²) in [5, 5.41) is 15.1. The monoisotopic (exact) mass is 606 g/mol. The number of thiazole rings is 1. The molecule has 2 amide bonds. The molecule has 2 N–H and O–H groups in total. The third-order valence-electron chi connectivity index (χ3n) is 8.23. The minimum absolute atomic E-state index is 0.0993. The van der Waals surface area contributed by atoms with Gasteiger partial charge in [0.15, 0.2) is 5.13 Å². The van der Waals surface area contributed by atoms with Crippen molar-refractivity contribution in [3.63, 3.8) is 0 Å². The molecule has 1 saturated heterocycles. The lowest BCUT2D eigenvalue weighted by molar-refractivity contribution is -0.120. The van der Waals surface area contributed by atoms with E-state index in [1.54, 1.807) is 11.4 Å². The van der Waals surface area contributed by atoms with E-state index < -0.39 is 29.5 Å². The first-order chi connectivity index (χ1) is 20.8. The molecule has 6 rings (SSSR count). The lowest BCUT2D eigenvalue weighted by Crippen LogP contribution is -2.37. The third-order valence-corrected chi connectivity index (χ3v) is 8.91. The number of hydrogen-bond donors (Lipinski definition) is 2. The fraction of sp³-hybridized carbons (Fsp3) is 0.281. The van der Waals surface area contributed by atoms with Gasteiger partial charge in [0.25, 0.3) is 11.8 Å². The summed E-state index contributed by atoms with van der Waals surface area (Å²) in [6.07, 6.45) is 3.37. The van der Waals surface area contributed by atoms with Crippen molar-refractivity contribution >= 4 is 28.3 Å². The van der Waals surface area contributed by atoms with Crippen molar-refractivity contribution in [1.82, 2.24) is 14.8 Å². The predicted molar refractivity (Wildman–Crippen MR) is 158 cm³/mol. The number of piperidine rings is 1. The quantitative estimate of drug-likeness (QED) is 0.247. The minimum atomic E-state index is -1.45. The summed E-state index contributed by atoms with van der Waals surface area (Å²) in [5.41, 5.74) is 2.50. The van der Waals surface area contributed by atoms with Crippen LogP contribution in [0, 0.1) is 11.6 Å². The molecule has 4 aromatic rings. The Balaban J connectivity index is 1.27. The number of carbonyl (C=O) groups is 2. The first-order valence-corrected chi connectivity index (χ1v) is 14.9. The second-order valence-corrected chi connectivity index (χ2v) is 11.7. The molecule has 7 nitrogen and oxygen atoms in total. The number of fused-ring (bicyclic) bond motifs is 1. The fourth-order valence-corrected chi connectivity index (χ4v) is 6.50. The van der Waals surface area contributed by atoms with Crippen molar-refractivity contribution in [3.8, 4) is 16.9 Å². The fourth-order valence-electron chi connectivity index (χ4n) is 5.97. The van der Waals surface area contributed by atoms with Gasteiger partial charge >= 0.3 is 0 Å². The highest BCUT2D eigenvalue weighted by Crippen LogP contribution is 2.39. The molecule has 0 radical (unpaired) electrons. The molecular weight excluding hydrogens is 577 g/mol. The summed E-state index contributed by atoms with van der Waals surface area (Å²) >= 11 is 1.16. The molecule has 0 aliphatic carbocycles. The molecule has 3 heterocycles. The summed E-state index contributed by atoms with van der Waals surface area (Å²) in [6.45, 7) is 1.58. The van der Waals surface area contributed by atoms with Gasteiger partial charge in [-0.25, -0.2) is 18.2 Å². The molecule has 2 aliphatic rings. The Labute approximate surface area is 250 Å². The maximum atomic E-state index is 15.5. The number of anilines is 1. The Morgan fingerprint density at radius 1 is 1.07 bits per heavy atom. The van der Waals surface area contributed by atoms with Crippen LogP contribution < -0.4 is 5.32 Å². The summed E-state index contributed by atoms with van der Waals surface area (Å²) in [4.78, 5) is 34.5. The Hall–Kier alpha value is -4.22. The highest BCUT2D eigenvalue weighted by Gasteiger charge is 2.40. The molecule has 3 aromatic carbocycles. The Morgan fingerprint density at radius 2 is 1.84 bits per heavy atom. The molecule has 0 bridgehead atoms. The van der Waals surface area contributed by atoms with Gasteiger partial charge in [-0.2, -0.15) is 0 Å². The zero-order valence-electron chi connectivity index (χ0n) is 23.1. The van der Waals surface area contributed by atoms with E-state index in [1.807, 2.05) is 24.3 Å². The molecule has 1 atom stereocenters. The van der Waals surface area contributed by atoms with Crippen molar-refractivity contribution in [3.05, 3.63) is 100 Å². The number of phenols is 1. The molecule has 1 fully saturated rings. The molecular formula is C32H29F3N4O3S. The maximum Gasteiger partial charge on any atom is 0.255 e. The Bertz CT molecular complexity index is 1640. The number of rotatable bonds is 8. The number of phenolic OH excluding ortho intramolecular Hbond substituents is 1. The van der Waals surface area contributed by atoms with E-state index in [-0.39, 0.29) is 40.8 Å². The summed E-state index contributed by atoms with van der Waals surface area (Å²) in [6, 6.07) is 12.5. The van der Waals surface area contributed by atoms with Gasteiger partial charge in [-0.15, -0.1) is 11.3 Å². The normalized spacial score (nSPS) is 16.3. The van der Waals surface area contributed by atoms with E-state index in [0.717, 1.165) is 71.5 Å². The average molecular weight is 607 g/mol. The number of hydrogen-bond acceptors (Lipinski definition) is 6. The van der Waals surface area contributed by atoms with Crippen LogP contribution in [0.2, 0.25) is 0 Å². The van der Waals surface area contributed by atoms with Crippen LogP contribution in [0.15, 0.2) is 66.2 Å². The average Bonchev–Trinajstić information content (AvgIpc) is 3.64. The van der Waals surface area contributed by atoms with Crippen LogP contribution in [0.4, 0.5) is 18.3 Å². The lowest BCUT2D eigenvalue weighted by atomic mass is 9.88. The van der Waals surface area contributed by atoms with Crippen LogP contribution in [0.25, 0.3) is 11.1 Å². The number of benzene rings is 3. The number of aromatic hydroxyl groups is 1. The van der Waals surface area contributed by atoms with Crippen LogP contribution >= 0.6 is 11.3 Å². The van der Waals surface area contributed by atoms with Crippen LogP contribution in [-0.2, 0) is 11.3 Å². The highest BCUT2D eigenvalue weighted by molar-refractivity contribution is 7.13.